The molecular formula is C25H21ClN6O4. The Bertz CT molecular complexity index is 1440. The fraction of sp³-hybridized carbons (Fsp3) is 0.160. The molecule has 1 aliphatic rings. The summed E-state index contributed by atoms with van der Waals surface area (Å²) >= 11 is 5.84. The molecule has 3 amide bonds. The molecule has 182 valence electrons. The van der Waals surface area contributed by atoms with Crippen molar-refractivity contribution < 1.29 is 19.1 Å². The molecule has 1 fully saturated rings. The first-order chi connectivity index (χ1) is 17.5. The molecule has 0 atom stereocenters. The maximum absolute atomic E-state index is 13.1. The van der Waals surface area contributed by atoms with Gasteiger partial charge in [-0.25, -0.2) is 4.98 Å². The van der Waals surface area contributed by atoms with Gasteiger partial charge >= 0.3 is 0 Å². The lowest BCUT2D eigenvalue weighted by molar-refractivity contribution is -0.125. The van der Waals surface area contributed by atoms with Crippen molar-refractivity contribution in [3.05, 3.63) is 77.6 Å². The third-order valence-electron chi connectivity index (χ3n) is 5.58. The van der Waals surface area contributed by atoms with Crippen LogP contribution in [0.2, 0.25) is 5.02 Å². The van der Waals surface area contributed by atoms with E-state index in [0.717, 1.165) is 5.69 Å². The number of fused-ring (bicyclic) bond motifs is 1. The highest BCUT2D eigenvalue weighted by Crippen LogP contribution is 2.23. The highest BCUT2D eigenvalue weighted by Gasteiger charge is 2.21. The van der Waals surface area contributed by atoms with Crippen LogP contribution in [0.25, 0.3) is 10.9 Å². The van der Waals surface area contributed by atoms with E-state index in [9.17, 15) is 14.4 Å². The van der Waals surface area contributed by atoms with Gasteiger partial charge in [-0.15, -0.1) is 0 Å². The average molecular weight is 505 g/mol. The molecule has 0 aliphatic carbocycles. The summed E-state index contributed by atoms with van der Waals surface area (Å²) in [6.07, 6.45) is 1.44. The second kappa shape index (κ2) is 10.1. The summed E-state index contributed by atoms with van der Waals surface area (Å²) < 4.78 is 6.64. The van der Waals surface area contributed by atoms with Gasteiger partial charge in [0.25, 0.3) is 11.8 Å². The summed E-state index contributed by atoms with van der Waals surface area (Å²) in [4.78, 5) is 43.4. The molecule has 0 bridgehead atoms. The zero-order valence-corrected chi connectivity index (χ0v) is 19.7. The van der Waals surface area contributed by atoms with Gasteiger partial charge in [-0.1, -0.05) is 29.8 Å². The van der Waals surface area contributed by atoms with Crippen molar-refractivity contribution in [3.63, 3.8) is 0 Å². The number of nitrogens with one attached hydrogen (secondary N) is 2. The molecule has 10 nitrogen and oxygen atoms in total. The first-order valence-corrected chi connectivity index (χ1v) is 11.5. The van der Waals surface area contributed by atoms with Gasteiger partial charge in [0.05, 0.1) is 17.1 Å². The number of benzene rings is 2. The van der Waals surface area contributed by atoms with Gasteiger partial charge in [-0.2, -0.15) is 5.10 Å². The highest BCUT2D eigenvalue weighted by molar-refractivity contribution is 6.30. The number of morpholine rings is 1. The molecule has 11 heteroatoms. The molecular weight excluding hydrogens is 484 g/mol. The number of amides is 3. The molecule has 1 saturated heterocycles. The molecule has 0 unspecified atom stereocenters. The Kier molecular flexibility index (Phi) is 6.61. The minimum Gasteiger partial charge on any atom is -0.370 e. The van der Waals surface area contributed by atoms with Crippen molar-refractivity contribution in [2.75, 3.05) is 35.3 Å². The van der Waals surface area contributed by atoms with Crippen LogP contribution in [-0.4, -0.2) is 52.2 Å². The number of rotatable bonds is 6. The van der Waals surface area contributed by atoms with Crippen LogP contribution in [0.5, 0.6) is 0 Å². The number of pyridine rings is 1. The Hall–Kier alpha value is -4.28. The van der Waals surface area contributed by atoms with Crippen molar-refractivity contribution in [2.45, 2.75) is 6.54 Å². The summed E-state index contributed by atoms with van der Waals surface area (Å²) in [7, 11) is 0. The molecule has 4 aromatic rings. The summed E-state index contributed by atoms with van der Waals surface area (Å²) in [5, 5.41) is 11.0. The van der Waals surface area contributed by atoms with Gasteiger partial charge in [0.15, 0.2) is 5.69 Å². The monoisotopic (exact) mass is 504 g/mol. The van der Waals surface area contributed by atoms with E-state index in [1.54, 1.807) is 59.5 Å². The fourth-order valence-electron chi connectivity index (χ4n) is 3.89. The Balaban J connectivity index is 1.32. The first kappa shape index (κ1) is 23.5. The van der Waals surface area contributed by atoms with Crippen molar-refractivity contribution in [2.24, 2.45) is 0 Å². The fourth-order valence-corrected chi connectivity index (χ4v) is 4.00. The lowest BCUT2D eigenvalue weighted by Crippen LogP contribution is -2.41. The van der Waals surface area contributed by atoms with Crippen LogP contribution in [-0.2, 0) is 20.9 Å². The number of halogens is 1. The zero-order valence-electron chi connectivity index (χ0n) is 19.0. The summed E-state index contributed by atoms with van der Waals surface area (Å²) in [6, 6.07) is 17.4. The number of aromatic nitrogens is 3. The lowest BCUT2D eigenvalue weighted by atomic mass is 10.2. The predicted octanol–water partition coefficient (Wildman–Crippen LogP) is 3.34. The van der Waals surface area contributed by atoms with E-state index in [4.69, 9.17) is 16.3 Å². The Labute approximate surface area is 210 Å². The minimum atomic E-state index is -0.417. The smallest absolute Gasteiger partial charge is 0.276 e. The number of ether oxygens (including phenoxy) is 1. The van der Waals surface area contributed by atoms with Crippen LogP contribution >= 0.6 is 11.6 Å². The third kappa shape index (κ3) is 5.04. The van der Waals surface area contributed by atoms with E-state index in [1.807, 2.05) is 6.07 Å². The van der Waals surface area contributed by atoms with E-state index in [-0.39, 0.29) is 30.7 Å². The average Bonchev–Trinajstić information content (AvgIpc) is 3.25. The van der Waals surface area contributed by atoms with E-state index >= 15 is 0 Å². The molecule has 1 aliphatic heterocycles. The topological polar surface area (TPSA) is 118 Å². The minimum absolute atomic E-state index is 0.0580. The maximum atomic E-state index is 13.1. The SMILES string of the molecule is O=C(Cn1nc(C(=O)Nc2ccc(N3CCOCC3=O)cc2)c2ccccc21)Nc1ccc(Cl)cn1. The van der Waals surface area contributed by atoms with Crippen molar-refractivity contribution >= 4 is 57.4 Å². The standard InChI is InChI=1S/C25H21ClN6O4/c26-16-5-10-21(27-13-16)29-22(33)14-32-20-4-2-1-3-19(20)24(30-32)25(35)28-17-6-8-18(9-7-17)31-11-12-36-15-23(31)34/h1-10,13H,11-12,14-15H2,(H,28,35)(H,27,29,33). The van der Waals surface area contributed by atoms with E-state index in [1.165, 1.54) is 10.9 Å². The number of carbonyl (C=O) groups is 3. The van der Waals surface area contributed by atoms with E-state index in [0.29, 0.717) is 40.6 Å². The van der Waals surface area contributed by atoms with Crippen LogP contribution in [0, 0.1) is 0 Å². The summed E-state index contributed by atoms with van der Waals surface area (Å²) in [6.45, 7) is 0.909. The number of para-hydroxylation sites is 1. The second-order valence-electron chi connectivity index (χ2n) is 8.03. The Morgan fingerprint density at radius 3 is 2.58 bits per heavy atom. The van der Waals surface area contributed by atoms with Crippen molar-refractivity contribution in [1.82, 2.24) is 14.8 Å². The van der Waals surface area contributed by atoms with Crippen molar-refractivity contribution in [3.8, 4) is 0 Å². The van der Waals surface area contributed by atoms with Crippen LogP contribution in [0.1, 0.15) is 10.5 Å². The molecule has 36 heavy (non-hydrogen) atoms. The van der Waals surface area contributed by atoms with Gasteiger partial charge in [0.2, 0.25) is 5.91 Å². The Morgan fingerprint density at radius 2 is 1.83 bits per heavy atom. The van der Waals surface area contributed by atoms with E-state index < -0.39 is 5.91 Å². The molecule has 2 aromatic heterocycles. The molecule has 2 N–H and O–H groups in total. The van der Waals surface area contributed by atoms with Gasteiger partial charge in [0, 0.05) is 29.5 Å². The number of anilines is 3. The number of hydrogen-bond acceptors (Lipinski definition) is 6. The highest BCUT2D eigenvalue weighted by atomic mass is 35.5. The quantitative estimate of drug-likeness (QED) is 0.416. The van der Waals surface area contributed by atoms with Crippen LogP contribution in [0.3, 0.4) is 0 Å². The maximum Gasteiger partial charge on any atom is 0.276 e. The number of carbonyl (C=O) groups excluding carboxylic acids is 3. The lowest BCUT2D eigenvalue weighted by Gasteiger charge is -2.26. The molecule has 0 saturated carbocycles. The predicted molar refractivity (Wildman–Crippen MR) is 135 cm³/mol. The third-order valence-corrected chi connectivity index (χ3v) is 5.81. The van der Waals surface area contributed by atoms with Gasteiger partial charge < -0.3 is 20.3 Å². The molecule has 0 radical (unpaired) electrons. The largest absolute Gasteiger partial charge is 0.370 e. The molecule has 5 rings (SSSR count). The van der Waals surface area contributed by atoms with Gasteiger partial charge in [-0.3, -0.25) is 19.1 Å². The van der Waals surface area contributed by atoms with Gasteiger partial charge in [-0.05, 0) is 42.5 Å². The van der Waals surface area contributed by atoms with Crippen LogP contribution in [0.15, 0.2) is 66.9 Å². The molecule has 0 spiro atoms. The summed E-state index contributed by atoms with van der Waals surface area (Å²) in [5.41, 5.74) is 2.12. The Morgan fingerprint density at radius 1 is 1.03 bits per heavy atom. The summed E-state index contributed by atoms with van der Waals surface area (Å²) in [5.74, 6) is -0.509. The second-order valence-corrected chi connectivity index (χ2v) is 8.47. The zero-order chi connectivity index (χ0) is 25.1. The number of nitrogens with zero attached hydrogens (tertiary/aromatic N) is 4. The number of hydrogen-bond donors (Lipinski definition) is 2. The first-order valence-electron chi connectivity index (χ1n) is 11.1. The molecule has 2 aromatic carbocycles. The van der Waals surface area contributed by atoms with Crippen LogP contribution < -0.4 is 15.5 Å². The van der Waals surface area contributed by atoms with Crippen LogP contribution in [0.4, 0.5) is 17.2 Å². The normalized spacial score (nSPS) is 13.6. The van der Waals surface area contributed by atoms with Crippen molar-refractivity contribution in [1.29, 1.82) is 0 Å². The molecule has 3 heterocycles. The van der Waals surface area contributed by atoms with E-state index in [2.05, 4.69) is 20.7 Å². The van der Waals surface area contributed by atoms with Gasteiger partial charge in [0.1, 0.15) is 19.0 Å².